The second-order valence-electron chi connectivity index (χ2n) is 4.95. The Labute approximate surface area is 102 Å². The predicted molar refractivity (Wildman–Crippen MR) is 70.4 cm³/mol. The van der Waals surface area contributed by atoms with E-state index in [0.29, 0.717) is 5.92 Å². The lowest BCUT2D eigenvalue weighted by Gasteiger charge is -2.12. The third-order valence-electron chi connectivity index (χ3n) is 3.22. The zero-order chi connectivity index (χ0) is 12.7. The molecule has 2 heterocycles. The molecule has 0 aliphatic rings. The summed E-state index contributed by atoms with van der Waals surface area (Å²) in [6.07, 6.45) is 0. The molecule has 90 valence electrons. The molecule has 0 unspecified atom stereocenters. The minimum absolute atomic E-state index is 0.346. The van der Waals surface area contributed by atoms with Gasteiger partial charge in [-0.2, -0.15) is 0 Å². The van der Waals surface area contributed by atoms with Crippen LogP contribution in [-0.4, -0.2) is 15.0 Å². The van der Waals surface area contributed by atoms with Gasteiger partial charge in [-0.05, 0) is 33.3 Å². The molecular weight excluding hydrogens is 210 g/mol. The average molecular weight is 229 g/mol. The topological polar surface area (TPSA) is 38.7 Å². The Bertz CT molecular complexity index is 586. The van der Waals surface area contributed by atoms with Crippen LogP contribution in [0.3, 0.4) is 0 Å². The van der Waals surface area contributed by atoms with Crippen LogP contribution in [0.25, 0.3) is 10.9 Å². The van der Waals surface area contributed by atoms with Gasteiger partial charge in [-0.1, -0.05) is 13.8 Å². The second kappa shape index (κ2) is 4.06. The van der Waals surface area contributed by atoms with E-state index in [9.17, 15) is 0 Å². The van der Waals surface area contributed by atoms with Gasteiger partial charge in [0, 0.05) is 22.7 Å². The van der Waals surface area contributed by atoms with Gasteiger partial charge in [-0.15, -0.1) is 0 Å². The molecule has 0 aliphatic carbocycles. The monoisotopic (exact) mass is 229 g/mol. The molecule has 0 fully saturated rings. The first-order chi connectivity index (χ1) is 7.91. The first kappa shape index (κ1) is 12.0. The average Bonchev–Trinajstić information content (AvgIpc) is 2.25. The lowest BCUT2D eigenvalue weighted by atomic mass is 10.1. The van der Waals surface area contributed by atoms with Crippen molar-refractivity contribution in [1.82, 2.24) is 15.0 Å². The Morgan fingerprint density at radius 2 is 1.41 bits per heavy atom. The van der Waals surface area contributed by atoms with Gasteiger partial charge >= 0.3 is 0 Å². The van der Waals surface area contributed by atoms with Crippen LogP contribution in [0.15, 0.2) is 0 Å². The number of pyridine rings is 1. The van der Waals surface area contributed by atoms with Crippen LogP contribution in [0.5, 0.6) is 0 Å². The molecule has 0 radical (unpaired) electrons. The number of fused-ring (bicyclic) bond motifs is 1. The van der Waals surface area contributed by atoms with Crippen LogP contribution in [0.2, 0.25) is 0 Å². The van der Waals surface area contributed by atoms with Crippen molar-refractivity contribution in [2.24, 2.45) is 0 Å². The van der Waals surface area contributed by atoms with Crippen LogP contribution < -0.4 is 0 Å². The van der Waals surface area contributed by atoms with Gasteiger partial charge in [0.05, 0.1) is 11.2 Å². The molecule has 0 N–H and O–H groups in total. The van der Waals surface area contributed by atoms with Gasteiger partial charge in [-0.3, -0.25) is 4.98 Å². The van der Waals surface area contributed by atoms with Crippen molar-refractivity contribution in [1.29, 1.82) is 0 Å². The first-order valence-corrected chi connectivity index (χ1v) is 6.04. The van der Waals surface area contributed by atoms with Crippen LogP contribution in [0.4, 0.5) is 0 Å². The molecule has 3 heteroatoms. The SMILES string of the molecule is Cc1nc(C)c2nc(C(C)C)nc(C)c2c1C. The number of hydrogen-bond acceptors (Lipinski definition) is 3. The lowest BCUT2D eigenvalue weighted by Crippen LogP contribution is -2.04. The molecule has 0 aliphatic heterocycles. The van der Waals surface area contributed by atoms with Crippen molar-refractivity contribution in [2.75, 3.05) is 0 Å². The molecule has 3 nitrogen and oxygen atoms in total. The van der Waals surface area contributed by atoms with E-state index in [4.69, 9.17) is 0 Å². The highest BCUT2D eigenvalue weighted by Gasteiger charge is 2.13. The summed E-state index contributed by atoms with van der Waals surface area (Å²) in [5.74, 6) is 1.25. The Hall–Kier alpha value is -1.51. The van der Waals surface area contributed by atoms with Crippen LogP contribution in [-0.2, 0) is 0 Å². The van der Waals surface area contributed by atoms with Crippen molar-refractivity contribution < 1.29 is 0 Å². The van der Waals surface area contributed by atoms with Gasteiger partial charge in [0.2, 0.25) is 0 Å². The summed E-state index contributed by atoms with van der Waals surface area (Å²) in [7, 11) is 0. The van der Waals surface area contributed by atoms with E-state index >= 15 is 0 Å². The zero-order valence-electron chi connectivity index (χ0n) is 11.4. The highest BCUT2D eigenvalue weighted by molar-refractivity contribution is 5.86. The molecule has 0 bridgehead atoms. The molecule has 0 spiro atoms. The van der Waals surface area contributed by atoms with E-state index < -0.39 is 0 Å². The largest absolute Gasteiger partial charge is 0.256 e. The zero-order valence-corrected chi connectivity index (χ0v) is 11.4. The number of rotatable bonds is 1. The molecule has 0 aromatic carbocycles. The number of hydrogen-bond donors (Lipinski definition) is 0. The first-order valence-electron chi connectivity index (χ1n) is 6.04. The molecular formula is C14H19N3. The van der Waals surface area contributed by atoms with Gasteiger partial charge < -0.3 is 0 Å². The molecule has 17 heavy (non-hydrogen) atoms. The third-order valence-corrected chi connectivity index (χ3v) is 3.22. The third kappa shape index (κ3) is 1.90. The summed E-state index contributed by atoms with van der Waals surface area (Å²) in [5.41, 5.74) is 5.32. The summed E-state index contributed by atoms with van der Waals surface area (Å²) >= 11 is 0. The van der Waals surface area contributed by atoms with Crippen molar-refractivity contribution in [3.05, 3.63) is 28.5 Å². The van der Waals surface area contributed by atoms with Crippen molar-refractivity contribution in [2.45, 2.75) is 47.5 Å². The minimum Gasteiger partial charge on any atom is -0.256 e. The fraction of sp³-hybridized carbons (Fsp3) is 0.500. The van der Waals surface area contributed by atoms with Crippen molar-refractivity contribution in [3.63, 3.8) is 0 Å². The van der Waals surface area contributed by atoms with Gasteiger partial charge in [0.1, 0.15) is 5.82 Å². The van der Waals surface area contributed by atoms with Crippen molar-refractivity contribution in [3.8, 4) is 0 Å². The van der Waals surface area contributed by atoms with Crippen LogP contribution in [0, 0.1) is 27.7 Å². The summed E-state index contributed by atoms with van der Waals surface area (Å²) in [6, 6.07) is 0. The lowest BCUT2D eigenvalue weighted by molar-refractivity contribution is 0.774. The Morgan fingerprint density at radius 3 is 2.00 bits per heavy atom. The summed E-state index contributed by atoms with van der Waals surface area (Å²) in [6.45, 7) is 12.4. The molecule has 2 rings (SSSR count). The fourth-order valence-electron chi connectivity index (χ4n) is 2.13. The van der Waals surface area contributed by atoms with E-state index in [0.717, 1.165) is 28.4 Å². The number of nitrogens with zero attached hydrogens (tertiary/aromatic N) is 3. The molecule has 0 saturated heterocycles. The van der Waals surface area contributed by atoms with Crippen LogP contribution in [0.1, 0.15) is 48.2 Å². The van der Waals surface area contributed by atoms with Gasteiger partial charge in [0.25, 0.3) is 0 Å². The van der Waals surface area contributed by atoms with Crippen molar-refractivity contribution >= 4 is 10.9 Å². The summed E-state index contributed by atoms with van der Waals surface area (Å²) in [5, 5.41) is 1.17. The quantitative estimate of drug-likeness (QED) is 0.752. The molecule has 0 saturated carbocycles. The van der Waals surface area contributed by atoms with E-state index in [1.807, 2.05) is 13.8 Å². The fourth-order valence-corrected chi connectivity index (χ4v) is 2.13. The van der Waals surface area contributed by atoms with E-state index in [1.54, 1.807) is 0 Å². The van der Waals surface area contributed by atoms with Crippen LogP contribution >= 0.6 is 0 Å². The molecule has 0 atom stereocenters. The Morgan fingerprint density at radius 1 is 0.765 bits per heavy atom. The maximum absolute atomic E-state index is 4.66. The molecule has 2 aromatic heterocycles. The molecule has 2 aromatic rings. The summed E-state index contributed by atoms with van der Waals surface area (Å²) in [4.78, 5) is 13.8. The minimum atomic E-state index is 0.346. The Kier molecular flexibility index (Phi) is 2.86. The second-order valence-corrected chi connectivity index (χ2v) is 4.95. The van der Waals surface area contributed by atoms with E-state index in [2.05, 4.69) is 42.6 Å². The maximum Gasteiger partial charge on any atom is 0.131 e. The Balaban J connectivity index is 2.90. The number of aromatic nitrogens is 3. The molecule has 0 amide bonds. The highest BCUT2D eigenvalue weighted by Crippen LogP contribution is 2.25. The highest BCUT2D eigenvalue weighted by atomic mass is 14.9. The van der Waals surface area contributed by atoms with Gasteiger partial charge in [-0.25, -0.2) is 9.97 Å². The number of aryl methyl sites for hydroxylation is 4. The maximum atomic E-state index is 4.66. The van der Waals surface area contributed by atoms with E-state index in [1.165, 1.54) is 10.9 Å². The van der Waals surface area contributed by atoms with Gasteiger partial charge in [0.15, 0.2) is 0 Å². The smallest absolute Gasteiger partial charge is 0.131 e. The van der Waals surface area contributed by atoms with E-state index in [-0.39, 0.29) is 0 Å². The summed E-state index contributed by atoms with van der Waals surface area (Å²) < 4.78 is 0. The normalized spacial score (nSPS) is 11.5. The standard InChI is InChI=1S/C14H19N3/c1-7(2)14-16-10(5)12-8(3)9(4)15-11(6)13(12)17-14/h7H,1-6H3. The predicted octanol–water partition coefficient (Wildman–Crippen LogP) is 3.38.